The van der Waals surface area contributed by atoms with Gasteiger partial charge in [-0.3, -0.25) is 4.79 Å². The summed E-state index contributed by atoms with van der Waals surface area (Å²) in [4.78, 5) is 17.2. The summed E-state index contributed by atoms with van der Waals surface area (Å²) in [5.41, 5.74) is 4.26. The van der Waals surface area contributed by atoms with E-state index in [4.69, 9.17) is 9.47 Å². The Morgan fingerprint density at radius 3 is 2.59 bits per heavy atom. The molecule has 5 rings (SSSR count). The Bertz CT molecular complexity index is 1270. The number of nitrogens with zero attached hydrogens (tertiary/aromatic N) is 2. The molecule has 1 aliphatic rings. The molecule has 164 valence electrons. The summed E-state index contributed by atoms with van der Waals surface area (Å²) < 4.78 is 13.0. The molecule has 4 aromatic rings. The number of hydrogen-bond acceptors (Lipinski definition) is 4. The smallest absolute Gasteiger partial charge is 0.256 e. The molecule has 5 nitrogen and oxygen atoms in total. The summed E-state index contributed by atoms with van der Waals surface area (Å²) in [6.07, 6.45) is 3.55. The molecule has 2 aromatic carbocycles. The van der Waals surface area contributed by atoms with Gasteiger partial charge in [0.25, 0.3) is 5.91 Å². The van der Waals surface area contributed by atoms with E-state index in [1.165, 1.54) is 10.4 Å². The van der Waals surface area contributed by atoms with Crippen molar-refractivity contribution in [3.8, 4) is 11.5 Å². The number of benzene rings is 2. The van der Waals surface area contributed by atoms with Crippen LogP contribution in [0.25, 0.3) is 10.9 Å². The number of para-hydroxylation sites is 1. The Balaban J connectivity index is 1.55. The number of aromatic nitrogens is 1. The third-order valence-corrected chi connectivity index (χ3v) is 7.37. The second-order valence-electron chi connectivity index (χ2n) is 8.17. The summed E-state index contributed by atoms with van der Waals surface area (Å²) in [7, 11) is 5.31. The highest BCUT2D eigenvalue weighted by Gasteiger charge is 2.33. The lowest BCUT2D eigenvalue weighted by molar-refractivity contribution is 0.0666. The van der Waals surface area contributed by atoms with Crippen molar-refractivity contribution in [3.63, 3.8) is 0 Å². The highest BCUT2D eigenvalue weighted by molar-refractivity contribution is 7.10. The fourth-order valence-corrected chi connectivity index (χ4v) is 5.77. The van der Waals surface area contributed by atoms with Gasteiger partial charge in [0.15, 0.2) is 0 Å². The minimum absolute atomic E-state index is 0.0259. The van der Waals surface area contributed by atoms with Gasteiger partial charge < -0.3 is 18.9 Å². The number of aryl methyl sites for hydroxylation is 1. The molecular formula is C26H26N2O3S. The van der Waals surface area contributed by atoms with Gasteiger partial charge in [-0.15, -0.1) is 11.3 Å². The van der Waals surface area contributed by atoms with Gasteiger partial charge in [-0.25, -0.2) is 0 Å². The largest absolute Gasteiger partial charge is 0.497 e. The van der Waals surface area contributed by atoms with Crippen LogP contribution in [-0.2, 0) is 19.9 Å². The summed E-state index contributed by atoms with van der Waals surface area (Å²) >= 11 is 1.74. The van der Waals surface area contributed by atoms with E-state index < -0.39 is 0 Å². The summed E-state index contributed by atoms with van der Waals surface area (Å²) in [6, 6.07) is 16.2. The fraction of sp³-hybridized carbons (Fsp3) is 0.269. The van der Waals surface area contributed by atoms with Gasteiger partial charge >= 0.3 is 0 Å². The number of methoxy groups -OCH3 is 2. The monoisotopic (exact) mass is 446 g/mol. The number of rotatable bonds is 5. The van der Waals surface area contributed by atoms with Crippen molar-refractivity contribution in [3.05, 3.63) is 81.7 Å². The van der Waals surface area contributed by atoms with Crippen LogP contribution in [-0.4, -0.2) is 36.1 Å². The highest BCUT2D eigenvalue weighted by atomic mass is 32.1. The molecule has 3 heterocycles. The van der Waals surface area contributed by atoms with E-state index in [0.717, 1.165) is 39.9 Å². The fourth-order valence-electron chi connectivity index (χ4n) is 4.70. The Morgan fingerprint density at radius 2 is 1.84 bits per heavy atom. The normalized spacial score (nSPS) is 15.6. The Kier molecular flexibility index (Phi) is 5.39. The standard InChI is InChI=1S/C26H26N2O3S/c1-27-16-22(21-6-4-5-7-23(21)27)26(29)28-10-8-18-9-11-32-25(18)24(28)14-17-12-19(30-2)15-20(13-17)31-3/h4-7,9,11-13,15-16,24H,8,10,14H2,1-3H3. The van der Waals surface area contributed by atoms with Crippen molar-refractivity contribution in [2.75, 3.05) is 20.8 Å². The molecule has 1 amide bonds. The molecule has 0 spiro atoms. The highest BCUT2D eigenvalue weighted by Crippen LogP contribution is 2.39. The van der Waals surface area contributed by atoms with Gasteiger partial charge in [0.05, 0.1) is 25.8 Å². The SMILES string of the molecule is COc1cc(CC2c3sccc3CCN2C(=O)c2cn(C)c3ccccc23)cc(OC)c1. The van der Waals surface area contributed by atoms with Gasteiger partial charge in [0.2, 0.25) is 0 Å². The van der Waals surface area contributed by atoms with Crippen LogP contribution in [0.5, 0.6) is 11.5 Å². The predicted molar refractivity (Wildman–Crippen MR) is 128 cm³/mol. The molecule has 0 N–H and O–H groups in total. The number of carbonyl (C=O) groups excluding carboxylic acids is 1. The van der Waals surface area contributed by atoms with Crippen molar-refractivity contribution in [2.45, 2.75) is 18.9 Å². The lowest BCUT2D eigenvalue weighted by Crippen LogP contribution is -2.40. The molecule has 1 atom stereocenters. The van der Waals surface area contributed by atoms with Crippen molar-refractivity contribution in [1.82, 2.24) is 9.47 Å². The second-order valence-corrected chi connectivity index (χ2v) is 9.12. The average Bonchev–Trinajstić information content (AvgIpc) is 3.43. The van der Waals surface area contributed by atoms with Gasteiger partial charge in [0, 0.05) is 41.6 Å². The van der Waals surface area contributed by atoms with Gasteiger partial charge in [-0.1, -0.05) is 18.2 Å². The lowest BCUT2D eigenvalue weighted by atomic mass is 9.94. The van der Waals surface area contributed by atoms with E-state index in [1.54, 1.807) is 25.6 Å². The van der Waals surface area contributed by atoms with Gasteiger partial charge in [-0.2, -0.15) is 0 Å². The zero-order valence-corrected chi connectivity index (χ0v) is 19.3. The third-order valence-electron chi connectivity index (χ3n) is 6.31. The molecular weight excluding hydrogens is 420 g/mol. The Labute approximate surface area is 191 Å². The summed E-state index contributed by atoms with van der Waals surface area (Å²) in [5, 5.41) is 3.13. The second kappa shape index (κ2) is 8.36. The van der Waals surface area contributed by atoms with Crippen LogP contribution in [0.15, 0.2) is 60.1 Å². The maximum Gasteiger partial charge on any atom is 0.256 e. The van der Waals surface area contributed by atoms with Crippen molar-refractivity contribution in [1.29, 1.82) is 0 Å². The minimum atomic E-state index is -0.0259. The number of amides is 1. The quantitative estimate of drug-likeness (QED) is 0.421. The first kappa shape index (κ1) is 20.6. The maximum absolute atomic E-state index is 13.9. The van der Waals surface area contributed by atoms with E-state index in [0.29, 0.717) is 13.0 Å². The van der Waals surface area contributed by atoms with Crippen LogP contribution < -0.4 is 9.47 Å². The molecule has 6 heteroatoms. The molecule has 0 bridgehead atoms. The molecule has 32 heavy (non-hydrogen) atoms. The number of ether oxygens (including phenoxy) is 2. The minimum Gasteiger partial charge on any atom is -0.497 e. The molecule has 0 saturated heterocycles. The molecule has 0 saturated carbocycles. The van der Waals surface area contributed by atoms with E-state index in [9.17, 15) is 4.79 Å². The van der Waals surface area contributed by atoms with Crippen LogP contribution in [0.4, 0.5) is 0 Å². The average molecular weight is 447 g/mol. The Hall–Kier alpha value is -3.25. The molecule has 1 unspecified atom stereocenters. The maximum atomic E-state index is 13.9. The lowest BCUT2D eigenvalue weighted by Gasteiger charge is -2.36. The topological polar surface area (TPSA) is 43.7 Å². The summed E-state index contributed by atoms with van der Waals surface area (Å²) in [5.74, 6) is 1.60. The third kappa shape index (κ3) is 3.54. The molecule has 2 aromatic heterocycles. The van der Waals surface area contributed by atoms with E-state index in [2.05, 4.69) is 17.5 Å². The molecule has 0 fully saturated rings. The van der Waals surface area contributed by atoms with Crippen molar-refractivity contribution < 1.29 is 14.3 Å². The first-order valence-electron chi connectivity index (χ1n) is 10.7. The van der Waals surface area contributed by atoms with Crippen LogP contribution in [0.2, 0.25) is 0 Å². The molecule has 0 aliphatic carbocycles. The zero-order chi connectivity index (χ0) is 22.2. The Morgan fingerprint density at radius 1 is 1.09 bits per heavy atom. The van der Waals surface area contributed by atoms with Crippen LogP contribution >= 0.6 is 11.3 Å². The number of fused-ring (bicyclic) bond motifs is 2. The molecule has 0 radical (unpaired) electrons. The van der Waals surface area contributed by atoms with E-state index in [-0.39, 0.29) is 11.9 Å². The first-order valence-corrected chi connectivity index (χ1v) is 11.6. The van der Waals surface area contributed by atoms with Gasteiger partial charge in [0.1, 0.15) is 11.5 Å². The van der Waals surface area contributed by atoms with Crippen molar-refractivity contribution in [2.24, 2.45) is 7.05 Å². The summed E-state index contributed by atoms with van der Waals surface area (Å²) in [6.45, 7) is 0.706. The predicted octanol–water partition coefficient (Wildman–Crippen LogP) is 5.24. The number of hydrogen-bond donors (Lipinski definition) is 0. The molecule has 1 aliphatic heterocycles. The van der Waals surface area contributed by atoms with E-state index in [1.807, 2.05) is 59.1 Å². The van der Waals surface area contributed by atoms with Crippen LogP contribution in [0.3, 0.4) is 0 Å². The number of carbonyl (C=O) groups is 1. The number of thiophene rings is 1. The van der Waals surface area contributed by atoms with E-state index >= 15 is 0 Å². The van der Waals surface area contributed by atoms with Crippen molar-refractivity contribution >= 4 is 28.1 Å². The zero-order valence-electron chi connectivity index (χ0n) is 18.5. The van der Waals surface area contributed by atoms with Gasteiger partial charge in [-0.05, 0) is 53.6 Å². The first-order chi connectivity index (χ1) is 15.6. The van der Waals surface area contributed by atoms with Crippen LogP contribution in [0.1, 0.15) is 32.4 Å². The van der Waals surface area contributed by atoms with Crippen LogP contribution in [0, 0.1) is 0 Å².